The SMILES string of the molecule is COc1cccc(Br)c1C1=NCCO1. The summed E-state index contributed by atoms with van der Waals surface area (Å²) in [6, 6.07) is 5.76. The minimum absolute atomic E-state index is 0.653. The Balaban J connectivity index is 2.48. The lowest BCUT2D eigenvalue weighted by molar-refractivity contribution is 0.345. The molecule has 0 saturated heterocycles. The fourth-order valence-corrected chi connectivity index (χ4v) is 1.89. The van der Waals surface area contributed by atoms with Gasteiger partial charge in [0.1, 0.15) is 12.4 Å². The number of nitrogens with zero attached hydrogens (tertiary/aromatic N) is 1. The van der Waals surface area contributed by atoms with Crippen LogP contribution in [0, 0.1) is 0 Å². The van der Waals surface area contributed by atoms with Gasteiger partial charge in [-0.3, -0.25) is 0 Å². The molecule has 0 aromatic heterocycles. The van der Waals surface area contributed by atoms with E-state index in [0.717, 1.165) is 22.3 Å². The molecule has 0 saturated carbocycles. The van der Waals surface area contributed by atoms with Crippen LogP contribution < -0.4 is 4.74 Å². The Labute approximate surface area is 90.9 Å². The molecular weight excluding hydrogens is 246 g/mol. The lowest BCUT2D eigenvalue weighted by Gasteiger charge is -2.09. The van der Waals surface area contributed by atoms with Crippen LogP contribution in [0.2, 0.25) is 0 Å². The molecule has 1 aromatic rings. The highest BCUT2D eigenvalue weighted by Gasteiger charge is 2.18. The molecule has 1 aliphatic rings. The highest BCUT2D eigenvalue weighted by Crippen LogP contribution is 2.28. The Morgan fingerprint density at radius 1 is 1.50 bits per heavy atom. The number of halogens is 1. The van der Waals surface area contributed by atoms with Crippen LogP contribution in [-0.2, 0) is 4.74 Å². The summed E-state index contributed by atoms with van der Waals surface area (Å²) in [5.41, 5.74) is 0.896. The van der Waals surface area contributed by atoms with Gasteiger partial charge in [0.15, 0.2) is 0 Å². The van der Waals surface area contributed by atoms with Crippen molar-refractivity contribution in [2.75, 3.05) is 20.3 Å². The van der Waals surface area contributed by atoms with Gasteiger partial charge in [-0.25, -0.2) is 4.99 Å². The van der Waals surface area contributed by atoms with Crippen LogP contribution in [0.5, 0.6) is 5.75 Å². The van der Waals surface area contributed by atoms with Crippen molar-refractivity contribution in [3.8, 4) is 5.75 Å². The molecule has 0 unspecified atom stereocenters. The molecule has 74 valence electrons. The molecule has 0 amide bonds. The first kappa shape index (κ1) is 9.52. The quantitative estimate of drug-likeness (QED) is 0.812. The first-order valence-electron chi connectivity index (χ1n) is 4.33. The predicted octanol–water partition coefficient (Wildman–Crippen LogP) is 2.23. The number of hydrogen-bond acceptors (Lipinski definition) is 3. The fraction of sp³-hybridized carbons (Fsp3) is 0.300. The van der Waals surface area contributed by atoms with E-state index in [4.69, 9.17) is 9.47 Å². The lowest BCUT2D eigenvalue weighted by atomic mass is 10.2. The van der Waals surface area contributed by atoms with Crippen molar-refractivity contribution in [3.63, 3.8) is 0 Å². The van der Waals surface area contributed by atoms with Crippen LogP contribution in [0.4, 0.5) is 0 Å². The van der Waals surface area contributed by atoms with Crippen LogP contribution in [0.3, 0.4) is 0 Å². The van der Waals surface area contributed by atoms with E-state index < -0.39 is 0 Å². The van der Waals surface area contributed by atoms with Gasteiger partial charge < -0.3 is 9.47 Å². The Kier molecular flexibility index (Phi) is 2.72. The molecule has 14 heavy (non-hydrogen) atoms. The fourth-order valence-electron chi connectivity index (χ4n) is 1.37. The van der Waals surface area contributed by atoms with Gasteiger partial charge in [-0.05, 0) is 28.1 Å². The Bertz CT molecular complexity index is 376. The number of benzene rings is 1. The molecule has 0 fully saturated rings. The molecule has 3 nitrogen and oxygen atoms in total. The average Bonchev–Trinajstić information content (AvgIpc) is 2.70. The van der Waals surface area contributed by atoms with Crippen LogP contribution in [0.25, 0.3) is 0 Å². The molecule has 1 aromatic carbocycles. The lowest BCUT2D eigenvalue weighted by Crippen LogP contribution is -2.04. The van der Waals surface area contributed by atoms with Gasteiger partial charge in [0.2, 0.25) is 5.90 Å². The third-order valence-corrected chi connectivity index (χ3v) is 2.66. The number of methoxy groups -OCH3 is 1. The zero-order valence-corrected chi connectivity index (χ0v) is 9.37. The van der Waals surface area contributed by atoms with Gasteiger partial charge in [-0.2, -0.15) is 0 Å². The van der Waals surface area contributed by atoms with Gasteiger partial charge >= 0.3 is 0 Å². The normalized spacial score (nSPS) is 14.9. The van der Waals surface area contributed by atoms with Crippen molar-refractivity contribution in [3.05, 3.63) is 28.2 Å². The molecule has 0 atom stereocenters. The molecule has 0 aliphatic carbocycles. The predicted molar refractivity (Wildman–Crippen MR) is 58.1 cm³/mol. The summed E-state index contributed by atoms with van der Waals surface area (Å²) >= 11 is 3.46. The summed E-state index contributed by atoms with van der Waals surface area (Å²) in [5, 5.41) is 0. The second-order valence-corrected chi connectivity index (χ2v) is 3.71. The van der Waals surface area contributed by atoms with Gasteiger partial charge in [0, 0.05) is 4.47 Å². The summed E-state index contributed by atoms with van der Waals surface area (Å²) in [4.78, 5) is 4.26. The van der Waals surface area contributed by atoms with Gasteiger partial charge in [0.05, 0.1) is 19.2 Å². The van der Waals surface area contributed by atoms with Crippen molar-refractivity contribution in [2.45, 2.75) is 0 Å². The molecule has 4 heteroatoms. The Morgan fingerprint density at radius 2 is 2.36 bits per heavy atom. The summed E-state index contributed by atoms with van der Waals surface area (Å²) < 4.78 is 11.6. The molecule has 1 heterocycles. The zero-order valence-electron chi connectivity index (χ0n) is 7.79. The highest BCUT2D eigenvalue weighted by molar-refractivity contribution is 9.10. The Hall–Kier alpha value is -1.03. The van der Waals surface area contributed by atoms with E-state index in [-0.39, 0.29) is 0 Å². The largest absolute Gasteiger partial charge is 0.496 e. The Morgan fingerprint density at radius 3 is 3.00 bits per heavy atom. The van der Waals surface area contributed by atoms with E-state index >= 15 is 0 Å². The van der Waals surface area contributed by atoms with Crippen molar-refractivity contribution >= 4 is 21.8 Å². The summed E-state index contributed by atoms with van der Waals surface area (Å²) in [6.45, 7) is 1.37. The second-order valence-electron chi connectivity index (χ2n) is 2.85. The smallest absolute Gasteiger partial charge is 0.221 e. The summed E-state index contributed by atoms with van der Waals surface area (Å²) in [5.74, 6) is 1.44. The van der Waals surface area contributed by atoms with E-state index in [1.807, 2.05) is 18.2 Å². The number of hydrogen-bond donors (Lipinski definition) is 0. The minimum Gasteiger partial charge on any atom is -0.496 e. The monoisotopic (exact) mass is 255 g/mol. The second kappa shape index (κ2) is 4.00. The number of aliphatic imine (C=N–C) groups is 1. The van der Waals surface area contributed by atoms with E-state index in [1.54, 1.807) is 7.11 Å². The summed E-state index contributed by atoms with van der Waals surface area (Å²) in [7, 11) is 1.64. The molecule has 0 bridgehead atoms. The maximum Gasteiger partial charge on any atom is 0.221 e. The molecule has 0 spiro atoms. The standard InChI is InChI=1S/C10H10BrNO2/c1-13-8-4-2-3-7(11)9(8)10-12-5-6-14-10/h2-4H,5-6H2,1H3. The van der Waals surface area contributed by atoms with Gasteiger partial charge in [-0.1, -0.05) is 6.07 Å². The first-order chi connectivity index (χ1) is 6.83. The molecule has 0 N–H and O–H groups in total. The molecule has 2 rings (SSSR count). The maximum absolute atomic E-state index is 5.40. The number of rotatable bonds is 2. The highest BCUT2D eigenvalue weighted by atomic mass is 79.9. The summed E-state index contributed by atoms with van der Waals surface area (Å²) in [6.07, 6.45) is 0. The average molecular weight is 256 g/mol. The van der Waals surface area contributed by atoms with Crippen LogP contribution >= 0.6 is 15.9 Å². The third-order valence-electron chi connectivity index (χ3n) is 1.99. The van der Waals surface area contributed by atoms with Gasteiger partial charge in [0.25, 0.3) is 0 Å². The van der Waals surface area contributed by atoms with Crippen molar-refractivity contribution in [2.24, 2.45) is 4.99 Å². The molecular formula is C10H10BrNO2. The van der Waals surface area contributed by atoms with Gasteiger partial charge in [-0.15, -0.1) is 0 Å². The zero-order chi connectivity index (χ0) is 9.97. The third kappa shape index (κ3) is 1.62. The van der Waals surface area contributed by atoms with Crippen LogP contribution in [-0.4, -0.2) is 26.2 Å². The maximum atomic E-state index is 5.40. The van der Waals surface area contributed by atoms with E-state index in [1.165, 1.54) is 0 Å². The van der Waals surface area contributed by atoms with Crippen LogP contribution in [0.1, 0.15) is 5.56 Å². The van der Waals surface area contributed by atoms with E-state index in [2.05, 4.69) is 20.9 Å². The molecule has 0 radical (unpaired) electrons. The topological polar surface area (TPSA) is 30.8 Å². The van der Waals surface area contributed by atoms with Crippen molar-refractivity contribution in [1.29, 1.82) is 0 Å². The number of ether oxygens (including phenoxy) is 2. The van der Waals surface area contributed by atoms with Crippen molar-refractivity contribution < 1.29 is 9.47 Å². The minimum atomic E-state index is 0.653. The molecule has 1 aliphatic heterocycles. The van der Waals surface area contributed by atoms with E-state index in [0.29, 0.717) is 12.5 Å². The van der Waals surface area contributed by atoms with E-state index in [9.17, 15) is 0 Å². The van der Waals surface area contributed by atoms with Crippen molar-refractivity contribution in [1.82, 2.24) is 0 Å². The van der Waals surface area contributed by atoms with Crippen LogP contribution in [0.15, 0.2) is 27.7 Å². The first-order valence-corrected chi connectivity index (χ1v) is 5.12.